The summed E-state index contributed by atoms with van der Waals surface area (Å²) in [6.07, 6.45) is 0.407. The number of hydrogen-bond donors (Lipinski definition) is 0. The highest BCUT2D eigenvalue weighted by Gasteiger charge is 2.36. The van der Waals surface area contributed by atoms with Crippen LogP contribution in [0.3, 0.4) is 0 Å². The van der Waals surface area contributed by atoms with Gasteiger partial charge in [0.15, 0.2) is 0 Å². The summed E-state index contributed by atoms with van der Waals surface area (Å²) in [5, 5.41) is 3.98. The molecule has 0 bridgehead atoms. The lowest BCUT2D eigenvalue weighted by Crippen LogP contribution is -2.47. The minimum Gasteiger partial charge on any atom is -0.475 e. The summed E-state index contributed by atoms with van der Waals surface area (Å²) in [5.74, 6) is -0.444. The second-order valence-electron chi connectivity index (χ2n) is 5.96. The Hall–Kier alpha value is -3.61. The molecule has 0 saturated heterocycles. The van der Waals surface area contributed by atoms with Crippen LogP contribution in [0, 0.1) is 0 Å². The number of ether oxygens (including phenoxy) is 2. The molecule has 27 heavy (non-hydrogen) atoms. The van der Waals surface area contributed by atoms with Crippen LogP contribution in [0.15, 0.2) is 65.4 Å². The van der Waals surface area contributed by atoms with Gasteiger partial charge in [0.25, 0.3) is 5.91 Å². The van der Waals surface area contributed by atoms with E-state index >= 15 is 0 Å². The number of hydrogen-bond acceptors (Lipinski definition) is 6. The second-order valence-corrected chi connectivity index (χ2v) is 5.96. The van der Waals surface area contributed by atoms with Gasteiger partial charge >= 0.3 is 5.97 Å². The van der Waals surface area contributed by atoms with Crippen LogP contribution in [0.5, 0.6) is 5.75 Å². The molecular weight excluding hydrogens is 348 g/mol. The number of amides is 1. The Morgan fingerprint density at radius 2 is 1.85 bits per heavy atom. The van der Waals surface area contributed by atoms with E-state index in [-0.39, 0.29) is 12.5 Å². The lowest BCUT2D eigenvalue weighted by Gasteiger charge is -2.33. The van der Waals surface area contributed by atoms with Crippen molar-refractivity contribution in [2.24, 2.45) is 0 Å². The van der Waals surface area contributed by atoms with Gasteiger partial charge in [-0.3, -0.25) is 4.79 Å². The first kappa shape index (κ1) is 16.8. The molecule has 1 aromatic heterocycles. The van der Waals surface area contributed by atoms with Crippen molar-refractivity contribution in [1.82, 2.24) is 5.16 Å². The molecule has 0 radical (unpaired) electrons. The molecule has 7 nitrogen and oxygen atoms in total. The third-order valence-electron chi connectivity index (χ3n) is 4.33. The van der Waals surface area contributed by atoms with E-state index in [0.29, 0.717) is 22.7 Å². The summed E-state index contributed by atoms with van der Waals surface area (Å²) >= 11 is 0. The van der Waals surface area contributed by atoms with Gasteiger partial charge in [-0.05, 0) is 12.1 Å². The van der Waals surface area contributed by atoms with Crippen molar-refractivity contribution in [1.29, 1.82) is 0 Å². The van der Waals surface area contributed by atoms with Crippen LogP contribution in [0.25, 0.3) is 11.3 Å². The van der Waals surface area contributed by atoms with Crippen molar-refractivity contribution in [3.05, 3.63) is 66.4 Å². The molecule has 3 aromatic rings. The van der Waals surface area contributed by atoms with Gasteiger partial charge in [0, 0.05) is 5.56 Å². The predicted octanol–water partition coefficient (Wildman–Crippen LogP) is 2.92. The number of para-hydroxylation sites is 2. The number of aromatic nitrogens is 1. The molecule has 1 amide bonds. The summed E-state index contributed by atoms with van der Waals surface area (Å²) < 4.78 is 15.5. The van der Waals surface area contributed by atoms with E-state index in [0.717, 1.165) is 5.56 Å². The summed E-state index contributed by atoms with van der Waals surface area (Å²) in [6, 6.07) is 16.3. The van der Waals surface area contributed by atoms with Crippen molar-refractivity contribution in [2.45, 2.75) is 6.10 Å². The van der Waals surface area contributed by atoms with Crippen LogP contribution >= 0.6 is 0 Å². The smallest absolute Gasteiger partial charge is 0.348 e. The maximum absolute atomic E-state index is 13.3. The van der Waals surface area contributed by atoms with E-state index in [1.165, 1.54) is 18.3 Å². The number of rotatable bonds is 3. The minimum absolute atomic E-state index is 0.0297. The van der Waals surface area contributed by atoms with E-state index in [1.807, 2.05) is 30.3 Å². The zero-order valence-electron chi connectivity index (χ0n) is 14.5. The largest absolute Gasteiger partial charge is 0.475 e. The Morgan fingerprint density at radius 3 is 2.63 bits per heavy atom. The Morgan fingerprint density at radius 1 is 1.11 bits per heavy atom. The maximum atomic E-state index is 13.3. The highest BCUT2D eigenvalue weighted by atomic mass is 16.6. The Balaban J connectivity index is 1.74. The Labute approximate surface area is 155 Å². The third-order valence-corrected chi connectivity index (χ3v) is 4.33. The third kappa shape index (κ3) is 3.03. The van der Waals surface area contributed by atoms with Gasteiger partial charge in [0.1, 0.15) is 23.3 Å². The second kappa shape index (κ2) is 6.95. The van der Waals surface area contributed by atoms with E-state index in [4.69, 9.17) is 14.0 Å². The first-order valence-corrected chi connectivity index (χ1v) is 8.34. The fraction of sp³-hybridized carbons (Fsp3) is 0.150. The zero-order valence-corrected chi connectivity index (χ0v) is 14.5. The predicted molar refractivity (Wildman–Crippen MR) is 96.5 cm³/mol. The number of fused-ring (bicyclic) bond motifs is 1. The molecule has 1 atom stereocenters. The van der Waals surface area contributed by atoms with Crippen LogP contribution in [0.4, 0.5) is 5.69 Å². The molecule has 7 heteroatoms. The Bertz CT molecular complexity index is 983. The molecule has 0 unspecified atom stereocenters. The van der Waals surface area contributed by atoms with Gasteiger partial charge < -0.3 is 18.9 Å². The molecule has 136 valence electrons. The number of nitrogens with zero attached hydrogens (tertiary/aromatic N) is 2. The van der Waals surface area contributed by atoms with Gasteiger partial charge in [-0.25, -0.2) is 4.79 Å². The normalized spacial score (nSPS) is 15.6. The zero-order chi connectivity index (χ0) is 18.8. The topological polar surface area (TPSA) is 81.9 Å². The molecule has 0 saturated carbocycles. The average Bonchev–Trinajstić information content (AvgIpc) is 3.22. The van der Waals surface area contributed by atoms with Crippen LogP contribution in [-0.4, -0.2) is 36.8 Å². The lowest BCUT2D eigenvalue weighted by molar-refractivity contribution is -0.148. The van der Waals surface area contributed by atoms with E-state index in [9.17, 15) is 9.59 Å². The van der Waals surface area contributed by atoms with Crippen LogP contribution in [0.2, 0.25) is 0 Å². The van der Waals surface area contributed by atoms with Crippen LogP contribution < -0.4 is 9.64 Å². The van der Waals surface area contributed by atoms with Gasteiger partial charge in [-0.15, -0.1) is 0 Å². The van der Waals surface area contributed by atoms with Crippen molar-refractivity contribution in [3.8, 4) is 17.0 Å². The maximum Gasteiger partial charge on any atom is 0.348 e. The van der Waals surface area contributed by atoms with Gasteiger partial charge in [0.05, 0.1) is 19.3 Å². The van der Waals surface area contributed by atoms with Gasteiger partial charge in [-0.1, -0.05) is 47.6 Å². The molecule has 0 spiro atoms. The molecule has 1 aliphatic rings. The summed E-state index contributed by atoms with van der Waals surface area (Å²) in [4.78, 5) is 26.8. The fourth-order valence-electron chi connectivity index (χ4n) is 3.02. The first-order chi connectivity index (χ1) is 13.2. The van der Waals surface area contributed by atoms with E-state index in [2.05, 4.69) is 5.16 Å². The monoisotopic (exact) mass is 364 g/mol. The molecule has 2 heterocycles. The standard InChI is InChI=1S/C20H16N2O5/c1-25-20(24)17-11-22(15-9-5-6-10-16(15)27-17)19(23)14-12-26-21-18(14)13-7-3-2-4-8-13/h2-10,12,17H,11H2,1H3/t17-/m0/s1. The van der Waals surface area contributed by atoms with Gasteiger partial charge in [0.2, 0.25) is 6.10 Å². The van der Waals surface area contributed by atoms with Crippen molar-refractivity contribution in [2.75, 3.05) is 18.6 Å². The fourth-order valence-corrected chi connectivity index (χ4v) is 3.02. The highest BCUT2D eigenvalue weighted by molar-refractivity contribution is 6.10. The van der Waals surface area contributed by atoms with Crippen molar-refractivity contribution < 1.29 is 23.6 Å². The summed E-state index contributed by atoms with van der Waals surface area (Å²) in [6.45, 7) is 0.0297. The number of benzene rings is 2. The number of carbonyl (C=O) groups is 2. The minimum atomic E-state index is -0.908. The molecule has 2 aromatic carbocycles. The lowest BCUT2D eigenvalue weighted by atomic mass is 10.1. The quantitative estimate of drug-likeness (QED) is 0.665. The summed E-state index contributed by atoms with van der Waals surface area (Å²) in [5.41, 5.74) is 2.09. The van der Waals surface area contributed by atoms with Gasteiger partial charge in [-0.2, -0.15) is 0 Å². The molecule has 0 aliphatic carbocycles. The number of anilines is 1. The highest BCUT2D eigenvalue weighted by Crippen LogP contribution is 2.35. The molecule has 0 fully saturated rings. The van der Waals surface area contributed by atoms with E-state index in [1.54, 1.807) is 24.3 Å². The van der Waals surface area contributed by atoms with Crippen molar-refractivity contribution in [3.63, 3.8) is 0 Å². The SMILES string of the molecule is COC(=O)[C@@H]1CN(C(=O)c2conc2-c2ccccc2)c2ccccc2O1. The molecule has 4 rings (SSSR count). The van der Waals surface area contributed by atoms with Crippen molar-refractivity contribution >= 4 is 17.6 Å². The number of carbonyl (C=O) groups excluding carboxylic acids is 2. The number of methoxy groups -OCH3 is 1. The molecule has 0 N–H and O–H groups in total. The first-order valence-electron chi connectivity index (χ1n) is 8.34. The summed E-state index contributed by atoms with van der Waals surface area (Å²) in [7, 11) is 1.28. The average molecular weight is 364 g/mol. The Kier molecular flexibility index (Phi) is 4.33. The molecular formula is C20H16N2O5. The van der Waals surface area contributed by atoms with Crippen LogP contribution in [0.1, 0.15) is 10.4 Å². The van der Waals surface area contributed by atoms with E-state index < -0.39 is 12.1 Å². The number of esters is 1. The van der Waals surface area contributed by atoms with Crippen LogP contribution in [-0.2, 0) is 9.53 Å². The molecule has 1 aliphatic heterocycles.